The van der Waals surface area contributed by atoms with Crippen LogP contribution in [0.5, 0.6) is 0 Å². The van der Waals surface area contributed by atoms with Crippen molar-refractivity contribution in [3.8, 4) is 0 Å². The Hall–Kier alpha value is -1.97. The number of carboxylic acid groups (broad SMARTS) is 1. The first-order chi connectivity index (χ1) is 7.93. The lowest BCUT2D eigenvalue weighted by molar-refractivity contribution is -0.136. The van der Waals surface area contributed by atoms with Crippen molar-refractivity contribution in [3.63, 3.8) is 0 Å². The predicted molar refractivity (Wildman–Crippen MR) is 61.9 cm³/mol. The van der Waals surface area contributed by atoms with Gasteiger partial charge >= 0.3 is 5.97 Å². The summed E-state index contributed by atoms with van der Waals surface area (Å²) in [6, 6.07) is 6.65. The molecule has 0 heterocycles. The van der Waals surface area contributed by atoms with Crippen LogP contribution in [0.25, 0.3) is 0 Å². The molecule has 1 N–H and O–H groups in total. The Morgan fingerprint density at radius 3 is 2.12 bits per heavy atom. The van der Waals surface area contributed by atoms with E-state index in [4.69, 9.17) is 5.11 Å². The summed E-state index contributed by atoms with van der Waals surface area (Å²) >= 11 is 0. The number of carbonyl (C=O) groups is 3. The highest BCUT2D eigenvalue weighted by atomic mass is 16.4. The van der Waals surface area contributed by atoms with Crippen LogP contribution in [0.15, 0.2) is 24.3 Å². The highest BCUT2D eigenvalue weighted by Crippen LogP contribution is 2.22. The van der Waals surface area contributed by atoms with Crippen LogP contribution in [0.4, 0.5) is 0 Å². The van der Waals surface area contributed by atoms with Crippen molar-refractivity contribution in [2.75, 3.05) is 0 Å². The number of carbonyl (C=O) groups excluding carboxylic acids is 2. The predicted octanol–water partition coefficient (Wildman–Crippen LogP) is 1.58. The van der Waals surface area contributed by atoms with E-state index in [2.05, 4.69) is 0 Å². The molecule has 1 aromatic carbocycles. The standard InChI is InChI=1S/C13H14O4/c1-8(14)13(9(2)15)11-6-4-3-5-10(11)7-12(16)17/h3-6,13H,7H2,1-2H3,(H,16,17). The van der Waals surface area contributed by atoms with Crippen LogP contribution >= 0.6 is 0 Å². The lowest BCUT2D eigenvalue weighted by atomic mass is 9.87. The van der Waals surface area contributed by atoms with E-state index in [1.54, 1.807) is 24.3 Å². The molecule has 0 fully saturated rings. The van der Waals surface area contributed by atoms with Gasteiger partial charge < -0.3 is 5.11 Å². The second kappa shape index (κ2) is 5.39. The average molecular weight is 234 g/mol. The molecular formula is C13H14O4. The Labute approximate surface area is 99.3 Å². The average Bonchev–Trinajstić information content (AvgIpc) is 2.18. The molecule has 0 saturated carbocycles. The topological polar surface area (TPSA) is 71.4 Å². The number of hydrogen-bond acceptors (Lipinski definition) is 3. The first-order valence-corrected chi connectivity index (χ1v) is 5.24. The summed E-state index contributed by atoms with van der Waals surface area (Å²) in [6.07, 6.45) is -0.187. The summed E-state index contributed by atoms with van der Waals surface area (Å²) in [5.41, 5.74) is 1.00. The minimum absolute atomic E-state index is 0.187. The second-order valence-corrected chi connectivity index (χ2v) is 3.92. The summed E-state index contributed by atoms with van der Waals surface area (Å²) < 4.78 is 0. The summed E-state index contributed by atoms with van der Waals surface area (Å²) in [5, 5.41) is 8.78. The van der Waals surface area contributed by atoms with Crippen LogP contribution in [-0.4, -0.2) is 22.6 Å². The minimum atomic E-state index is -0.983. The molecule has 0 aliphatic rings. The van der Waals surface area contributed by atoms with Crippen LogP contribution in [-0.2, 0) is 20.8 Å². The van der Waals surface area contributed by atoms with Gasteiger partial charge in [0.25, 0.3) is 0 Å². The van der Waals surface area contributed by atoms with Gasteiger partial charge in [-0.05, 0) is 25.0 Å². The van der Waals surface area contributed by atoms with Crippen LogP contribution in [0, 0.1) is 0 Å². The van der Waals surface area contributed by atoms with Crippen molar-refractivity contribution in [1.82, 2.24) is 0 Å². The summed E-state index contributed by atoms with van der Waals surface area (Å²) in [4.78, 5) is 33.6. The van der Waals surface area contributed by atoms with Crippen molar-refractivity contribution < 1.29 is 19.5 Å². The third kappa shape index (κ3) is 3.24. The third-order valence-electron chi connectivity index (χ3n) is 2.52. The lowest BCUT2D eigenvalue weighted by Crippen LogP contribution is -2.19. The van der Waals surface area contributed by atoms with Gasteiger partial charge in [0, 0.05) is 0 Å². The van der Waals surface area contributed by atoms with E-state index in [1.165, 1.54) is 13.8 Å². The van der Waals surface area contributed by atoms with E-state index in [9.17, 15) is 14.4 Å². The summed E-state index contributed by atoms with van der Waals surface area (Å²) in [5.74, 6) is -2.38. The molecular weight excluding hydrogens is 220 g/mol. The SMILES string of the molecule is CC(=O)C(C(C)=O)c1ccccc1CC(=O)O. The number of rotatable bonds is 5. The highest BCUT2D eigenvalue weighted by molar-refractivity contribution is 6.06. The van der Waals surface area contributed by atoms with Crippen LogP contribution in [0.2, 0.25) is 0 Å². The molecule has 0 aliphatic heterocycles. The zero-order valence-electron chi connectivity index (χ0n) is 9.77. The van der Waals surface area contributed by atoms with E-state index < -0.39 is 11.9 Å². The van der Waals surface area contributed by atoms with Crippen LogP contribution < -0.4 is 0 Å². The van der Waals surface area contributed by atoms with Gasteiger partial charge in [0.15, 0.2) is 0 Å². The maximum absolute atomic E-state index is 11.5. The van der Waals surface area contributed by atoms with Gasteiger partial charge in [-0.15, -0.1) is 0 Å². The molecule has 0 aromatic heterocycles. The fourth-order valence-electron chi connectivity index (χ4n) is 1.86. The smallest absolute Gasteiger partial charge is 0.307 e. The normalized spacial score (nSPS) is 10.3. The Morgan fingerprint density at radius 1 is 1.12 bits per heavy atom. The molecule has 1 rings (SSSR count). The monoisotopic (exact) mass is 234 g/mol. The highest BCUT2D eigenvalue weighted by Gasteiger charge is 2.24. The zero-order valence-corrected chi connectivity index (χ0v) is 9.77. The first-order valence-electron chi connectivity index (χ1n) is 5.24. The Kier molecular flexibility index (Phi) is 4.15. The van der Waals surface area contributed by atoms with Gasteiger partial charge in [0.2, 0.25) is 0 Å². The number of carboxylic acids is 1. The molecule has 0 unspecified atom stereocenters. The largest absolute Gasteiger partial charge is 0.481 e. The Balaban J connectivity index is 3.23. The van der Waals surface area contributed by atoms with Crippen molar-refractivity contribution >= 4 is 17.5 Å². The molecule has 0 amide bonds. The van der Waals surface area contributed by atoms with Gasteiger partial charge in [-0.1, -0.05) is 24.3 Å². The van der Waals surface area contributed by atoms with Crippen LogP contribution in [0.3, 0.4) is 0 Å². The maximum Gasteiger partial charge on any atom is 0.307 e. The zero-order chi connectivity index (χ0) is 13.0. The molecule has 4 nitrogen and oxygen atoms in total. The fourth-order valence-corrected chi connectivity index (χ4v) is 1.86. The first kappa shape index (κ1) is 13.1. The molecule has 0 aliphatic carbocycles. The minimum Gasteiger partial charge on any atom is -0.481 e. The molecule has 4 heteroatoms. The van der Waals surface area contributed by atoms with E-state index in [0.29, 0.717) is 11.1 Å². The number of benzene rings is 1. The third-order valence-corrected chi connectivity index (χ3v) is 2.52. The number of Topliss-reactive ketones (excluding diaryl/α,β-unsaturated/α-hetero) is 2. The maximum atomic E-state index is 11.5. The van der Waals surface area contributed by atoms with E-state index in [0.717, 1.165) is 0 Å². The quantitative estimate of drug-likeness (QED) is 0.785. The number of ketones is 2. The van der Waals surface area contributed by atoms with Crippen molar-refractivity contribution in [2.45, 2.75) is 26.2 Å². The van der Waals surface area contributed by atoms with E-state index in [1.807, 2.05) is 0 Å². The van der Waals surface area contributed by atoms with Crippen LogP contribution in [0.1, 0.15) is 30.9 Å². The summed E-state index contributed by atoms with van der Waals surface area (Å²) in [7, 11) is 0. The van der Waals surface area contributed by atoms with E-state index in [-0.39, 0.29) is 18.0 Å². The molecule has 0 atom stereocenters. The molecule has 0 radical (unpaired) electrons. The van der Waals surface area contributed by atoms with Crippen molar-refractivity contribution in [1.29, 1.82) is 0 Å². The van der Waals surface area contributed by atoms with E-state index >= 15 is 0 Å². The van der Waals surface area contributed by atoms with Crippen molar-refractivity contribution in [3.05, 3.63) is 35.4 Å². The number of aliphatic carboxylic acids is 1. The number of hydrogen-bond donors (Lipinski definition) is 1. The molecule has 17 heavy (non-hydrogen) atoms. The van der Waals surface area contributed by atoms with Gasteiger partial charge in [0.1, 0.15) is 17.5 Å². The van der Waals surface area contributed by atoms with Gasteiger partial charge in [-0.3, -0.25) is 14.4 Å². The molecule has 90 valence electrons. The summed E-state index contributed by atoms with van der Waals surface area (Å²) in [6.45, 7) is 2.67. The molecule has 1 aromatic rings. The molecule has 0 spiro atoms. The lowest BCUT2D eigenvalue weighted by Gasteiger charge is -2.14. The van der Waals surface area contributed by atoms with Gasteiger partial charge in [-0.25, -0.2) is 0 Å². The Morgan fingerprint density at radius 2 is 1.65 bits per heavy atom. The molecule has 0 saturated heterocycles. The fraction of sp³-hybridized carbons (Fsp3) is 0.308. The van der Waals surface area contributed by atoms with Gasteiger partial charge in [-0.2, -0.15) is 0 Å². The van der Waals surface area contributed by atoms with Gasteiger partial charge in [0.05, 0.1) is 6.42 Å². The molecule has 0 bridgehead atoms. The second-order valence-electron chi connectivity index (χ2n) is 3.92. The van der Waals surface area contributed by atoms with Crippen molar-refractivity contribution in [2.24, 2.45) is 0 Å². The Bertz CT molecular complexity index is 448.